The van der Waals surface area contributed by atoms with Gasteiger partial charge < -0.3 is 5.32 Å². The second-order valence-corrected chi connectivity index (χ2v) is 4.88. The Morgan fingerprint density at radius 1 is 1.09 bits per heavy atom. The highest BCUT2D eigenvalue weighted by molar-refractivity contribution is 5.27. The van der Waals surface area contributed by atoms with Crippen LogP contribution in [0, 0.1) is 5.82 Å². The van der Waals surface area contributed by atoms with Gasteiger partial charge in [-0.25, -0.2) is 9.37 Å². The van der Waals surface area contributed by atoms with Crippen LogP contribution in [0.2, 0.25) is 0 Å². The molecule has 3 rings (SSSR count). The quantitative estimate of drug-likeness (QED) is 0.732. The molecular formula is C16H16FN5. The Morgan fingerprint density at radius 3 is 2.64 bits per heavy atom. The van der Waals surface area contributed by atoms with E-state index in [2.05, 4.69) is 25.5 Å². The molecule has 0 aliphatic carbocycles. The molecule has 5 nitrogen and oxygen atoms in total. The van der Waals surface area contributed by atoms with Crippen molar-refractivity contribution in [1.29, 1.82) is 0 Å². The largest absolute Gasteiger partial charge is 0.305 e. The van der Waals surface area contributed by atoms with Gasteiger partial charge in [-0.15, -0.1) is 0 Å². The molecule has 3 aromatic rings. The fourth-order valence-corrected chi connectivity index (χ4v) is 2.28. The number of H-pyrrole nitrogens is 1. The van der Waals surface area contributed by atoms with Crippen molar-refractivity contribution >= 4 is 0 Å². The summed E-state index contributed by atoms with van der Waals surface area (Å²) < 4.78 is 13.1. The predicted molar refractivity (Wildman–Crippen MR) is 80.6 cm³/mol. The van der Waals surface area contributed by atoms with E-state index < -0.39 is 0 Å². The van der Waals surface area contributed by atoms with E-state index >= 15 is 0 Å². The van der Waals surface area contributed by atoms with Crippen molar-refractivity contribution in [3.63, 3.8) is 0 Å². The zero-order valence-electron chi connectivity index (χ0n) is 11.9. The van der Waals surface area contributed by atoms with E-state index in [1.807, 2.05) is 30.3 Å². The number of aromatic amines is 1. The highest BCUT2D eigenvalue weighted by Gasteiger charge is 2.14. The van der Waals surface area contributed by atoms with Gasteiger partial charge in [0, 0.05) is 13.0 Å². The summed E-state index contributed by atoms with van der Waals surface area (Å²) in [7, 11) is 0. The summed E-state index contributed by atoms with van der Waals surface area (Å²) in [6.45, 7) is 0.702. The van der Waals surface area contributed by atoms with E-state index in [1.54, 1.807) is 6.07 Å². The molecule has 22 heavy (non-hydrogen) atoms. The number of pyridine rings is 1. The lowest BCUT2D eigenvalue weighted by atomic mass is 10.0. The van der Waals surface area contributed by atoms with Crippen LogP contribution < -0.4 is 5.32 Å². The molecule has 0 spiro atoms. The van der Waals surface area contributed by atoms with Crippen LogP contribution >= 0.6 is 0 Å². The van der Waals surface area contributed by atoms with Crippen LogP contribution in [0.15, 0.2) is 55.0 Å². The van der Waals surface area contributed by atoms with Crippen molar-refractivity contribution in [2.75, 3.05) is 6.54 Å². The first kappa shape index (κ1) is 14.3. The van der Waals surface area contributed by atoms with E-state index in [9.17, 15) is 4.39 Å². The summed E-state index contributed by atoms with van der Waals surface area (Å²) in [5, 5.41) is 10.1. The molecule has 6 heteroatoms. The van der Waals surface area contributed by atoms with Crippen LogP contribution in [0.3, 0.4) is 0 Å². The molecule has 0 aliphatic rings. The zero-order valence-corrected chi connectivity index (χ0v) is 11.9. The number of hydrogen-bond donors (Lipinski definition) is 2. The highest BCUT2D eigenvalue weighted by atomic mass is 19.1. The average Bonchev–Trinajstić information content (AvgIpc) is 3.07. The molecule has 0 fully saturated rings. The smallest absolute Gasteiger partial charge is 0.141 e. The van der Waals surface area contributed by atoms with E-state index in [0.717, 1.165) is 23.5 Å². The maximum absolute atomic E-state index is 13.1. The first-order valence-electron chi connectivity index (χ1n) is 7.07. The molecule has 0 saturated carbocycles. The van der Waals surface area contributed by atoms with E-state index in [-0.39, 0.29) is 11.9 Å². The van der Waals surface area contributed by atoms with Gasteiger partial charge in [-0.05, 0) is 17.7 Å². The molecule has 2 heterocycles. The van der Waals surface area contributed by atoms with Crippen LogP contribution in [-0.2, 0) is 6.42 Å². The van der Waals surface area contributed by atoms with Gasteiger partial charge in [0.15, 0.2) is 0 Å². The number of nitrogens with one attached hydrogen (secondary N) is 2. The molecule has 0 unspecified atom stereocenters. The lowest BCUT2D eigenvalue weighted by molar-refractivity contribution is 0.576. The summed E-state index contributed by atoms with van der Waals surface area (Å²) in [6.07, 6.45) is 3.46. The Kier molecular flexibility index (Phi) is 4.50. The van der Waals surface area contributed by atoms with Gasteiger partial charge in [-0.1, -0.05) is 30.3 Å². The topological polar surface area (TPSA) is 66.5 Å². The Balaban J connectivity index is 1.75. The highest BCUT2D eigenvalue weighted by Crippen LogP contribution is 2.20. The van der Waals surface area contributed by atoms with Crippen LogP contribution in [0.5, 0.6) is 0 Å². The Hall–Kier alpha value is -2.60. The number of nitrogens with zero attached hydrogens (tertiary/aromatic N) is 3. The molecule has 1 aromatic carbocycles. The molecule has 0 amide bonds. The van der Waals surface area contributed by atoms with Gasteiger partial charge in [0.25, 0.3) is 0 Å². The van der Waals surface area contributed by atoms with E-state index in [0.29, 0.717) is 6.54 Å². The SMILES string of the molecule is Fc1ccc([C@@H](NCCc2ncn[nH]2)c2ccccc2)nc1. The van der Waals surface area contributed by atoms with Gasteiger partial charge in [0.2, 0.25) is 0 Å². The van der Waals surface area contributed by atoms with Crippen molar-refractivity contribution in [2.24, 2.45) is 0 Å². The van der Waals surface area contributed by atoms with Crippen molar-refractivity contribution in [3.05, 3.63) is 77.9 Å². The number of hydrogen-bond acceptors (Lipinski definition) is 4. The number of rotatable bonds is 6. The number of aromatic nitrogens is 4. The fourth-order valence-electron chi connectivity index (χ4n) is 2.28. The minimum atomic E-state index is -0.336. The van der Waals surface area contributed by atoms with Gasteiger partial charge in [-0.3, -0.25) is 10.1 Å². The summed E-state index contributed by atoms with van der Waals surface area (Å²) in [4.78, 5) is 8.30. The van der Waals surface area contributed by atoms with Crippen molar-refractivity contribution in [3.8, 4) is 0 Å². The fraction of sp³-hybridized carbons (Fsp3) is 0.188. The van der Waals surface area contributed by atoms with Gasteiger partial charge in [-0.2, -0.15) is 5.10 Å². The van der Waals surface area contributed by atoms with E-state index in [4.69, 9.17) is 0 Å². The third-order valence-electron chi connectivity index (χ3n) is 3.35. The summed E-state index contributed by atoms with van der Waals surface area (Å²) in [5.74, 6) is 0.489. The summed E-state index contributed by atoms with van der Waals surface area (Å²) in [6, 6.07) is 13.0. The van der Waals surface area contributed by atoms with Gasteiger partial charge in [0.1, 0.15) is 18.0 Å². The molecule has 0 saturated heterocycles. The third kappa shape index (κ3) is 3.53. The minimum absolute atomic E-state index is 0.0929. The monoisotopic (exact) mass is 297 g/mol. The lowest BCUT2D eigenvalue weighted by Crippen LogP contribution is -2.25. The molecule has 2 N–H and O–H groups in total. The molecule has 0 bridgehead atoms. The minimum Gasteiger partial charge on any atom is -0.305 e. The molecule has 2 aromatic heterocycles. The van der Waals surface area contributed by atoms with Crippen LogP contribution in [-0.4, -0.2) is 26.7 Å². The first-order valence-corrected chi connectivity index (χ1v) is 7.07. The van der Waals surface area contributed by atoms with E-state index in [1.165, 1.54) is 18.6 Å². The van der Waals surface area contributed by atoms with Crippen LogP contribution in [0.25, 0.3) is 0 Å². The summed E-state index contributed by atoms with van der Waals surface area (Å²) in [5.41, 5.74) is 1.87. The second kappa shape index (κ2) is 6.91. The van der Waals surface area contributed by atoms with Gasteiger partial charge in [0.05, 0.1) is 17.9 Å². The normalized spacial score (nSPS) is 12.2. The molecule has 0 aliphatic heterocycles. The van der Waals surface area contributed by atoms with Crippen molar-refractivity contribution in [1.82, 2.24) is 25.5 Å². The van der Waals surface area contributed by atoms with Crippen LogP contribution in [0.4, 0.5) is 4.39 Å². The zero-order chi connectivity index (χ0) is 15.2. The standard InChI is InChI=1S/C16H16FN5/c17-13-6-7-14(19-10-13)16(12-4-2-1-3-5-12)18-9-8-15-20-11-21-22-15/h1-7,10-11,16,18H,8-9H2,(H,20,21,22)/t16-/m0/s1. The Labute approximate surface area is 127 Å². The van der Waals surface area contributed by atoms with Crippen LogP contribution in [0.1, 0.15) is 23.1 Å². The van der Waals surface area contributed by atoms with Crippen molar-refractivity contribution in [2.45, 2.75) is 12.5 Å². The maximum atomic E-state index is 13.1. The average molecular weight is 297 g/mol. The third-order valence-corrected chi connectivity index (χ3v) is 3.35. The second-order valence-electron chi connectivity index (χ2n) is 4.88. The lowest BCUT2D eigenvalue weighted by Gasteiger charge is -2.18. The number of benzene rings is 1. The molecule has 112 valence electrons. The Morgan fingerprint density at radius 2 is 1.95 bits per heavy atom. The first-order chi connectivity index (χ1) is 10.8. The molecule has 0 radical (unpaired) electrons. The van der Waals surface area contributed by atoms with Gasteiger partial charge >= 0.3 is 0 Å². The maximum Gasteiger partial charge on any atom is 0.141 e. The van der Waals surface area contributed by atoms with Crippen molar-refractivity contribution < 1.29 is 4.39 Å². The Bertz CT molecular complexity index is 682. The predicted octanol–water partition coefficient (Wildman–Crippen LogP) is 2.26. The summed E-state index contributed by atoms with van der Waals surface area (Å²) >= 11 is 0. The molecular weight excluding hydrogens is 281 g/mol. The molecule has 1 atom stereocenters. The number of halogens is 1.